The van der Waals surface area contributed by atoms with E-state index in [-0.39, 0.29) is 18.3 Å². The molecule has 4 aromatic heterocycles. The van der Waals surface area contributed by atoms with Gasteiger partial charge in [0, 0.05) is 83.6 Å². The Labute approximate surface area is 620 Å². The average molecular weight is 1440 g/mol. The Bertz CT molecular complexity index is 6100. The number of thiophene rings is 2. The third-order valence-electron chi connectivity index (χ3n) is 19.6. The maximum Gasteiger partial charge on any atom is 0.495 e. The summed E-state index contributed by atoms with van der Waals surface area (Å²) >= 11 is 7.30. The van der Waals surface area contributed by atoms with Crippen molar-refractivity contribution < 1.29 is 9.31 Å². The summed E-state index contributed by atoms with van der Waals surface area (Å²) in [6.45, 7) is 8.40. The molecule has 0 radical (unpaired) electrons. The van der Waals surface area contributed by atoms with E-state index >= 15 is 0 Å². The highest BCUT2D eigenvalue weighted by atomic mass is 79.9. The summed E-state index contributed by atoms with van der Waals surface area (Å²) in [6.07, 6.45) is 0. The van der Waals surface area contributed by atoms with Gasteiger partial charge in [-0.05, 0) is 125 Å². The van der Waals surface area contributed by atoms with Crippen molar-refractivity contribution in [2.75, 3.05) is 0 Å². The molecule has 0 atom stereocenters. The highest BCUT2D eigenvalue weighted by Gasteiger charge is 2.52. The smallest absolute Gasteiger partial charge is 0.399 e. The number of benzene rings is 14. The molecule has 0 amide bonds. The van der Waals surface area contributed by atoms with E-state index in [1.165, 1.54) is 73.0 Å². The zero-order valence-electron chi connectivity index (χ0n) is 57.4. The van der Waals surface area contributed by atoms with Crippen molar-refractivity contribution in [2.24, 2.45) is 0 Å². The number of nitrogens with zero attached hydrogens (tertiary/aromatic N) is 6. The van der Waals surface area contributed by atoms with E-state index in [1.54, 1.807) is 0 Å². The van der Waals surface area contributed by atoms with Gasteiger partial charge in [-0.15, -0.1) is 22.7 Å². The maximum atomic E-state index is 6.31. The number of hydrogen-bond acceptors (Lipinski definition) is 10. The molecule has 14 aromatic carbocycles. The molecule has 1 saturated heterocycles. The van der Waals surface area contributed by atoms with E-state index in [1.807, 2.05) is 168 Å². The van der Waals surface area contributed by atoms with Crippen LogP contribution in [0.1, 0.15) is 27.7 Å². The number of aromatic nitrogens is 6. The molecule has 1 fully saturated rings. The number of hydrogen-bond donors (Lipinski definition) is 0. The monoisotopic (exact) mass is 1440 g/mol. The van der Waals surface area contributed by atoms with Crippen LogP contribution in [0.2, 0.25) is 0 Å². The average Bonchev–Trinajstić information content (AvgIpc) is 1.59. The molecule has 0 aliphatic carbocycles. The van der Waals surface area contributed by atoms with Crippen LogP contribution in [-0.4, -0.2) is 48.2 Å². The number of halogens is 1. The Morgan fingerprint density at radius 3 is 1.00 bits per heavy atom. The second-order valence-electron chi connectivity index (χ2n) is 26.8. The summed E-state index contributed by atoms with van der Waals surface area (Å²) in [7, 11) is -0.337. The molecule has 1 aliphatic rings. The Balaban J connectivity index is 0.000000122. The highest BCUT2D eigenvalue weighted by molar-refractivity contribution is 9.10. The van der Waals surface area contributed by atoms with Crippen LogP contribution in [0.3, 0.4) is 0 Å². The minimum Gasteiger partial charge on any atom is -0.399 e. The summed E-state index contributed by atoms with van der Waals surface area (Å²) < 4.78 is 19.0. The molecule has 0 saturated carbocycles. The standard InChI is InChI=1S/C43H27N3S.C27H18BrN3.C22H21BO2S/c1-3-12-28(13-4-1)41-44-42(29-14-5-2-6-15-29)46-43(45-41)33-19-10-17-31(27-33)30-16-9-18-32(26-30)34-21-11-22-37-35(34)24-25-38-36-20-7-8-23-39(36)47-40(37)38;28-24-16-8-14-22(18-24)21-13-7-15-23(17-21)27-30-25(19-9-3-1-4-10-19)29-26(31-27)20-11-5-2-6-12-20;1-21(2)22(3,4)25-23(24-21)18-10-7-9-16-14(18)12-13-17-15-8-5-6-11-19(15)26-20(16)17/h1-27H;1-18H;5-13H,1-4H3. The fourth-order valence-corrected chi connectivity index (χ4v) is 16.5. The molecule has 0 unspecified atom stereocenters. The van der Waals surface area contributed by atoms with Crippen LogP contribution in [-0.2, 0) is 9.31 Å². The second kappa shape index (κ2) is 28.0. The van der Waals surface area contributed by atoms with Gasteiger partial charge in [-0.25, -0.2) is 29.9 Å². The molecule has 5 heterocycles. The topological polar surface area (TPSA) is 95.8 Å². The van der Waals surface area contributed by atoms with E-state index in [9.17, 15) is 0 Å². The van der Waals surface area contributed by atoms with E-state index in [0.717, 1.165) is 65.6 Å². The molecule has 0 spiro atoms. The van der Waals surface area contributed by atoms with E-state index in [2.05, 4.69) is 226 Å². The number of fused-ring (bicyclic) bond motifs is 10. The van der Waals surface area contributed by atoms with Crippen molar-refractivity contribution in [1.29, 1.82) is 0 Å². The predicted octanol–water partition coefficient (Wildman–Crippen LogP) is 24.5. The van der Waals surface area contributed by atoms with Crippen LogP contribution in [0, 0.1) is 0 Å². The SMILES string of the molecule is Brc1cccc(-c2cccc(-c3nc(-c4ccccc4)nc(-c4ccccc4)n3)c2)c1.CC1(C)OB(c2cccc3c2ccc2c4ccccc4sc32)OC1(C)C.c1ccc(-c2nc(-c3ccccc3)nc(-c3cccc(-c4cccc(-c5cccc6c5ccc5c7ccccc7sc65)c4)c3)n2)cc1. The summed E-state index contributed by atoms with van der Waals surface area (Å²) in [6, 6.07) is 114. The van der Waals surface area contributed by atoms with Gasteiger partial charge in [0.25, 0.3) is 0 Å². The molecule has 0 bridgehead atoms. The predicted molar refractivity (Wildman–Crippen MR) is 439 cm³/mol. The van der Waals surface area contributed by atoms with Crippen molar-refractivity contribution in [3.63, 3.8) is 0 Å². The molecule has 12 heteroatoms. The first-order valence-corrected chi connectivity index (χ1v) is 37.2. The van der Waals surface area contributed by atoms with E-state index < -0.39 is 0 Å². The largest absolute Gasteiger partial charge is 0.495 e. The van der Waals surface area contributed by atoms with Gasteiger partial charge in [0.15, 0.2) is 34.9 Å². The summed E-state index contributed by atoms with van der Waals surface area (Å²) in [5.41, 5.74) is 13.1. The molecule has 19 rings (SSSR count). The van der Waals surface area contributed by atoms with Gasteiger partial charge in [0.1, 0.15) is 0 Å². The van der Waals surface area contributed by atoms with Crippen molar-refractivity contribution >= 4 is 113 Å². The Hall–Kier alpha value is -11.5. The molecule has 1 aliphatic heterocycles. The quantitative estimate of drug-likeness (QED) is 0.125. The second-order valence-corrected chi connectivity index (χ2v) is 29.9. The lowest BCUT2D eigenvalue weighted by Gasteiger charge is -2.32. The molecule has 104 heavy (non-hydrogen) atoms. The van der Waals surface area contributed by atoms with E-state index in [0.29, 0.717) is 34.9 Å². The van der Waals surface area contributed by atoms with Gasteiger partial charge < -0.3 is 9.31 Å². The Kier molecular flexibility index (Phi) is 17.7. The first-order valence-electron chi connectivity index (χ1n) is 34.7. The molecule has 0 N–H and O–H groups in total. The molecular formula is C92H66BBrN6O2S2. The summed E-state index contributed by atoms with van der Waals surface area (Å²) in [4.78, 5) is 29.2. The highest BCUT2D eigenvalue weighted by Crippen LogP contribution is 2.44. The summed E-state index contributed by atoms with van der Waals surface area (Å²) in [5, 5.41) is 10.4. The van der Waals surface area contributed by atoms with Crippen LogP contribution in [0.25, 0.3) is 164 Å². The maximum absolute atomic E-state index is 6.31. The van der Waals surface area contributed by atoms with Crippen LogP contribution in [0.5, 0.6) is 0 Å². The minimum atomic E-state index is -0.337. The van der Waals surface area contributed by atoms with Gasteiger partial charge in [-0.2, -0.15) is 0 Å². The van der Waals surface area contributed by atoms with Gasteiger partial charge in [0.05, 0.1) is 11.2 Å². The van der Waals surface area contributed by atoms with Crippen molar-refractivity contribution in [3.8, 4) is 102 Å². The zero-order chi connectivity index (χ0) is 70.3. The minimum absolute atomic E-state index is 0.332. The lowest BCUT2D eigenvalue weighted by molar-refractivity contribution is 0.00578. The van der Waals surface area contributed by atoms with Crippen LogP contribution >= 0.6 is 38.6 Å². The van der Waals surface area contributed by atoms with Gasteiger partial charge >= 0.3 is 7.12 Å². The Morgan fingerprint density at radius 2 is 0.558 bits per heavy atom. The van der Waals surface area contributed by atoms with Crippen molar-refractivity contribution in [3.05, 3.63) is 332 Å². The van der Waals surface area contributed by atoms with Crippen LogP contribution in [0.15, 0.2) is 332 Å². The normalized spacial score (nSPS) is 13.1. The van der Waals surface area contributed by atoms with Crippen molar-refractivity contribution in [2.45, 2.75) is 38.9 Å². The molecule has 18 aromatic rings. The first kappa shape index (κ1) is 65.8. The van der Waals surface area contributed by atoms with Gasteiger partial charge in [-0.3, -0.25) is 0 Å². The van der Waals surface area contributed by atoms with Crippen molar-refractivity contribution in [1.82, 2.24) is 29.9 Å². The molecule has 8 nitrogen and oxygen atoms in total. The third-order valence-corrected chi connectivity index (χ3v) is 22.6. The zero-order valence-corrected chi connectivity index (χ0v) is 60.7. The Morgan fingerprint density at radius 1 is 0.260 bits per heavy atom. The molecular weight excluding hydrogens is 1380 g/mol. The number of rotatable bonds is 10. The third kappa shape index (κ3) is 13.1. The lowest BCUT2D eigenvalue weighted by Crippen LogP contribution is -2.41. The fourth-order valence-electron chi connectivity index (χ4n) is 13.6. The fraction of sp³-hybridized carbons (Fsp3) is 0.0652. The lowest BCUT2D eigenvalue weighted by atomic mass is 9.76. The first-order chi connectivity index (χ1) is 50.9. The van der Waals surface area contributed by atoms with Gasteiger partial charge in [0.2, 0.25) is 0 Å². The van der Waals surface area contributed by atoms with Crippen LogP contribution in [0.4, 0.5) is 0 Å². The summed E-state index contributed by atoms with van der Waals surface area (Å²) in [5.74, 6) is 3.95. The van der Waals surface area contributed by atoms with Crippen LogP contribution < -0.4 is 5.46 Å². The van der Waals surface area contributed by atoms with E-state index in [4.69, 9.17) is 39.2 Å². The molecule has 498 valence electrons. The van der Waals surface area contributed by atoms with Gasteiger partial charge in [-0.1, -0.05) is 301 Å².